The fourth-order valence-corrected chi connectivity index (χ4v) is 1.41. The number of rotatable bonds is 3. The van der Waals surface area contributed by atoms with Crippen LogP contribution in [-0.2, 0) is 4.74 Å². The van der Waals surface area contributed by atoms with Crippen molar-refractivity contribution in [2.24, 2.45) is 5.92 Å². The zero-order valence-electron chi connectivity index (χ0n) is 8.14. The van der Waals surface area contributed by atoms with Crippen LogP contribution in [0.5, 0.6) is 0 Å². The molecule has 1 rings (SSSR count). The minimum absolute atomic E-state index is 0.0611. The quantitative estimate of drug-likeness (QED) is 0.682. The summed E-state index contributed by atoms with van der Waals surface area (Å²) in [5, 5.41) is 5.55. The van der Waals surface area contributed by atoms with E-state index in [1.807, 2.05) is 6.92 Å². The highest BCUT2D eigenvalue weighted by molar-refractivity contribution is 5.73. The van der Waals surface area contributed by atoms with E-state index in [4.69, 9.17) is 4.74 Å². The molecule has 0 aromatic rings. The van der Waals surface area contributed by atoms with Crippen molar-refractivity contribution in [3.8, 4) is 0 Å². The highest BCUT2D eigenvalue weighted by Crippen LogP contribution is 2.12. The van der Waals surface area contributed by atoms with E-state index in [0.29, 0.717) is 12.5 Å². The van der Waals surface area contributed by atoms with Gasteiger partial charge in [0.05, 0.1) is 0 Å². The van der Waals surface area contributed by atoms with E-state index in [9.17, 15) is 4.79 Å². The lowest BCUT2D eigenvalue weighted by atomic mass is 10.0. The van der Waals surface area contributed by atoms with Crippen LogP contribution in [0, 0.1) is 5.92 Å². The Kier molecular flexibility index (Phi) is 4.60. The van der Waals surface area contributed by atoms with Crippen molar-refractivity contribution in [1.29, 1.82) is 0 Å². The molecule has 2 amide bonds. The van der Waals surface area contributed by atoms with E-state index in [1.165, 1.54) is 0 Å². The van der Waals surface area contributed by atoms with Crippen LogP contribution in [-0.4, -0.2) is 32.3 Å². The fraction of sp³-hybridized carbons (Fsp3) is 0.889. The molecule has 76 valence electrons. The molecule has 0 atom stereocenters. The van der Waals surface area contributed by atoms with E-state index < -0.39 is 0 Å². The standard InChI is InChI=1S/C9H18N2O2/c1-2-10-9(12)11-7-8-3-5-13-6-4-8/h8H,2-7H2,1H3,(H2,10,11,12). The molecule has 0 aromatic heterocycles. The summed E-state index contributed by atoms with van der Waals surface area (Å²) in [5.74, 6) is 0.594. The van der Waals surface area contributed by atoms with Gasteiger partial charge in [0, 0.05) is 26.3 Å². The number of carbonyl (C=O) groups excluding carboxylic acids is 1. The van der Waals surface area contributed by atoms with Gasteiger partial charge in [0.1, 0.15) is 0 Å². The van der Waals surface area contributed by atoms with Crippen LogP contribution in [0.25, 0.3) is 0 Å². The predicted octanol–water partition coefficient (Wildman–Crippen LogP) is 0.732. The zero-order valence-corrected chi connectivity index (χ0v) is 8.14. The van der Waals surface area contributed by atoms with Gasteiger partial charge in [-0.1, -0.05) is 0 Å². The van der Waals surface area contributed by atoms with Crippen LogP contribution in [0.15, 0.2) is 0 Å². The topological polar surface area (TPSA) is 50.4 Å². The van der Waals surface area contributed by atoms with Gasteiger partial charge < -0.3 is 15.4 Å². The molecular weight excluding hydrogens is 168 g/mol. The second kappa shape index (κ2) is 5.80. The molecule has 0 radical (unpaired) electrons. The molecule has 2 N–H and O–H groups in total. The highest BCUT2D eigenvalue weighted by Gasteiger charge is 2.13. The number of amides is 2. The van der Waals surface area contributed by atoms with Crippen LogP contribution >= 0.6 is 0 Å². The average Bonchev–Trinajstić information content (AvgIpc) is 2.17. The maximum Gasteiger partial charge on any atom is 0.314 e. The first-order valence-electron chi connectivity index (χ1n) is 4.92. The third kappa shape index (κ3) is 4.12. The molecule has 1 fully saturated rings. The zero-order chi connectivity index (χ0) is 9.52. The smallest absolute Gasteiger partial charge is 0.314 e. The summed E-state index contributed by atoms with van der Waals surface area (Å²) < 4.78 is 5.23. The minimum atomic E-state index is -0.0611. The predicted molar refractivity (Wildman–Crippen MR) is 50.6 cm³/mol. The number of urea groups is 1. The number of nitrogens with one attached hydrogen (secondary N) is 2. The van der Waals surface area contributed by atoms with Gasteiger partial charge in [0.2, 0.25) is 0 Å². The molecule has 0 bridgehead atoms. The van der Waals surface area contributed by atoms with Gasteiger partial charge in [-0.05, 0) is 25.7 Å². The van der Waals surface area contributed by atoms with Crippen LogP contribution in [0.2, 0.25) is 0 Å². The Morgan fingerprint density at radius 2 is 2.08 bits per heavy atom. The Hall–Kier alpha value is -0.770. The lowest BCUT2D eigenvalue weighted by Gasteiger charge is -2.22. The summed E-state index contributed by atoms with van der Waals surface area (Å²) in [6, 6.07) is -0.0611. The highest BCUT2D eigenvalue weighted by atomic mass is 16.5. The maximum absolute atomic E-state index is 11.0. The molecule has 4 nitrogen and oxygen atoms in total. The van der Waals surface area contributed by atoms with Gasteiger partial charge >= 0.3 is 6.03 Å². The molecular formula is C9H18N2O2. The Labute approximate surface area is 79.0 Å². The fourth-order valence-electron chi connectivity index (χ4n) is 1.41. The number of hydrogen-bond donors (Lipinski definition) is 2. The van der Waals surface area contributed by atoms with Crippen molar-refractivity contribution in [1.82, 2.24) is 10.6 Å². The van der Waals surface area contributed by atoms with Crippen LogP contribution < -0.4 is 10.6 Å². The second-order valence-corrected chi connectivity index (χ2v) is 3.30. The first kappa shape index (κ1) is 10.3. The van der Waals surface area contributed by atoms with Crippen LogP contribution in [0.1, 0.15) is 19.8 Å². The Balaban J connectivity index is 2.06. The summed E-state index contributed by atoms with van der Waals surface area (Å²) in [5.41, 5.74) is 0. The van der Waals surface area contributed by atoms with Crippen molar-refractivity contribution >= 4 is 6.03 Å². The SMILES string of the molecule is CCNC(=O)NCC1CCOCC1. The van der Waals surface area contributed by atoms with Gasteiger partial charge in [0.25, 0.3) is 0 Å². The molecule has 0 aliphatic carbocycles. The summed E-state index contributed by atoms with van der Waals surface area (Å²) in [6.45, 7) is 5.03. The van der Waals surface area contributed by atoms with Crippen LogP contribution in [0.4, 0.5) is 4.79 Å². The van der Waals surface area contributed by atoms with E-state index in [2.05, 4.69) is 10.6 Å². The summed E-state index contributed by atoms with van der Waals surface area (Å²) >= 11 is 0. The van der Waals surface area contributed by atoms with Crippen molar-refractivity contribution < 1.29 is 9.53 Å². The van der Waals surface area contributed by atoms with Gasteiger partial charge in [-0.3, -0.25) is 0 Å². The molecule has 1 saturated heterocycles. The summed E-state index contributed by atoms with van der Waals surface area (Å²) in [7, 11) is 0. The first-order chi connectivity index (χ1) is 6.33. The number of hydrogen-bond acceptors (Lipinski definition) is 2. The van der Waals surface area contributed by atoms with E-state index in [1.54, 1.807) is 0 Å². The number of ether oxygens (including phenoxy) is 1. The third-order valence-corrected chi connectivity index (χ3v) is 2.23. The lowest BCUT2D eigenvalue weighted by molar-refractivity contribution is 0.0669. The monoisotopic (exact) mass is 186 g/mol. The molecule has 1 heterocycles. The third-order valence-electron chi connectivity index (χ3n) is 2.23. The van der Waals surface area contributed by atoms with E-state index in [-0.39, 0.29) is 6.03 Å². The molecule has 0 saturated carbocycles. The number of carbonyl (C=O) groups is 1. The van der Waals surface area contributed by atoms with Gasteiger partial charge in [-0.15, -0.1) is 0 Å². The molecule has 0 spiro atoms. The lowest BCUT2D eigenvalue weighted by Crippen LogP contribution is -2.39. The largest absolute Gasteiger partial charge is 0.381 e. The average molecular weight is 186 g/mol. The molecule has 4 heteroatoms. The first-order valence-corrected chi connectivity index (χ1v) is 4.92. The molecule has 0 unspecified atom stereocenters. The summed E-state index contributed by atoms with van der Waals surface area (Å²) in [4.78, 5) is 11.0. The summed E-state index contributed by atoms with van der Waals surface area (Å²) in [6.07, 6.45) is 2.12. The van der Waals surface area contributed by atoms with Crippen molar-refractivity contribution in [2.75, 3.05) is 26.3 Å². The van der Waals surface area contributed by atoms with E-state index in [0.717, 1.165) is 32.6 Å². The van der Waals surface area contributed by atoms with Crippen LogP contribution in [0.3, 0.4) is 0 Å². The molecule has 13 heavy (non-hydrogen) atoms. The van der Waals surface area contributed by atoms with Gasteiger partial charge in [0.15, 0.2) is 0 Å². The van der Waals surface area contributed by atoms with E-state index >= 15 is 0 Å². The van der Waals surface area contributed by atoms with Crippen molar-refractivity contribution in [3.05, 3.63) is 0 Å². The Morgan fingerprint density at radius 1 is 1.38 bits per heavy atom. The van der Waals surface area contributed by atoms with Crippen molar-refractivity contribution in [2.45, 2.75) is 19.8 Å². The van der Waals surface area contributed by atoms with Gasteiger partial charge in [-0.25, -0.2) is 4.79 Å². The Morgan fingerprint density at radius 3 is 2.69 bits per heavy atom. The molecule has 1 aliphatic rings. The maximum atomic E-state index is 11.0. The Bertz CT molecular complexity index is 156. The van der Waals surface area contributed by atoms with Crippen molar-refractivity contribution in [3.63, 3.8) is 0 Å². The van der Waals surface area contributed by atoms with Gasteiger partial charge in [-0.2, -0.15) is 0 Å². The molecule has 1 aliphatic heterocycles. The molecule has 0 aromatic carbocycles. The normalized spacial score (nSPS) is 18.2. The second-order valence-electron chi connectivity index (χ2n) is 3.30. The minimum Gasteiger partial charge on any atom is -0.381 e.